The molecule has 1 N–H and O–H groups in total. The van der Waals surface area contributed by atoms with E-state index in [4.69, 9.17) is 5.11 Å². The second kappa shape index (κ2) is 8.66. The van der Waals surface area contributed by atoms with Gasteiger partial charge in [-0.3, -0.25) is 4.79 Å². The first kappa shape index (κ1) is 17.5. The first-order chi connectivity index (χ1) is 9.55. The number of carboxylic acids is 1. The standard InChI is InChI=1S/C17H33NO2/c1-4-10-17(11-5-2)13-18(14-17)12-9-15(6-3)7-8-16(19)20/h15H,4-14H2,1-3H3,(H,19,20). The van der Waals surface area contributed by atoms with Gasteiger partial charge in [0, 0.05) is 19.5 Å². The van der Waals surface area contributed by atoms with Crippen LogP contribution >= 0.6 is 0 Å². The fourth-order valence-corrected chi connectivity index (χ4v) is 3.81. The van der Waals surface area contributed by atoms with Crippen LogP contribution in [0.25, 0.3) is 0 Å². The third-order valence-electron chi connectivity index (χ3n) is 4.88. The van der Waals surface area contributed by atoms with E-state index in [1.165, 1.54) is 38.8 Å². The quantitative estimate of drug-likeness (QED) is 0.618. The molecule has 1 aliphatic heterocycles. The summed E-state index contributed by atoms with van der Waals surface area (Å²) < 4.78 is 0. The SMILES string of the molecule is CCCC1(CCC)CN(CCC(CC)CCC(=O)O)C1. The zero-order valence-electron chi connectivity index (χ0n) is 13.7. The van der Waals surface area contributed by atoms with Crippen LogP contribution in [0.1, 0.15) is 72.1 Å². The predicted octanol–water partition coefficient (Wildman–Crippen LogP) is 4.17. The predicted molar refractivity (Wildman–Crippen MR) is 84.0 cm³/mol. The number of aliphatic carboxylic acids is 1. The van der Waals surface area contributed by atoms with Crippen molar-refractivity contribution in [2.24, 2.45) is 11.3 Å². The molecule has 0 radical (unpaired) electrons. The molecule has 3 heteroatoms. The molecular formula is C17H33NO2. The van der Waals surface area contributed by atoms with E-state index in [0.29, 0.717) is 17.8 Å². The number of likely N-dealkylation sites (tertiary alicyclic amines) is 1. The maximum absolute atomic E-state index is 10.6. The highest BCUT2D eigenvalue weighted by atomic mass is 16.4. The number of nitrogens with zero attached hydrogens (tertiary/aromatic N) is 1. The van der Waals surface area contributed by atoms with E-state index < -0.39 is 5.97 Å². The van der Waals surface area contributed by atoms with E-state index in [9.17, 15) is 4.79 Å². The summed E-state index contributed by atoms with van der Waals surface area (Å²) in [5.74, 6) is -0.0734. The maximum Gasteiger partial charge on any atom is 0.303 e. The lowest BCUT2D eigenvalue weighted by atomic mass is 9.72. The molecule has 1 fully saturated rings. The lowest BCUT2D eigenvalue weighted by molar-refractivity contribution is -0.137. The fraction of sp³-hybridized carbons (Fsp3) is 0.941. The van der Waals surface area contributed by atoms with Crippen molar-refractivity contribution in [1.82, 2.24) is 4.90 Å². The first-order valence-electron chi connectivity index (χ1n) is 8.49. The molecule has 1 saturated heterocycles. The van der Waals surface area contributed by atoms with Crippen LogP contribution in [0.2, 0.25) is 0 Å². The Morgan fingerprint density at radius 1 is 1.15 bits per heavy atom. The van der Waals surface area contributed by atoms with E-state index >= 15 is 0 Å². The molecule has 0 spiro atoms. The summed E-state index contributed by atoms with van der Waals surface area (Å²) >= 11 is 0. The number of hydrogen-bond donors (Lipinski definition) is 1. The van der Waals surface area contributed by atoms with Crippen LogP contribution < -0.4 is 0 Å². The van der Waals surface area contributed by atoms with Gasteiger partial charge in [0.1, 0.15) is 0 Å². The van der Waals surface area contributed by atoms with Crippen molar-refractivity contribution in [3.8, 4) is 0 Å². The zero-order chi connectivity index (χ0) is 15.0. The topological polar surface area (TPSA) is 40.5 Å². The monoisotopic (exact) mass is 283 g/mol. The van der Waals surface area contributed by atoms with Crippen LogP contribution in [0.4, 0.5) is 0 Å². The molecule has 0 aliphatic carbocycles. The Bertz CT molecular complexity index is 277. The van der Waals surface area contributed by atoms with Crippen LogP contribution in [-0.4, -0.2) is 35.6 Å². The van der Waals surface area contributed by atoms with Gasteiger partial charge in [0.2, 0.25) is 0 Å². The van der Waals surface area contributed by atoms with Gasteiger partial charge in [-0.15, -0.1) is 0 Å². The minimum Gasteiger partial charge on any atom is -0.481 e. The summed E-state index contributed by atoms with van der Waals surface area (Å²) in [4.78, 5) is 13.2. The Balaban J connectivity index is 2.24. The van der Waals surface area contributed by atoms with Gasteiger partial charge in [-0.25, -0.2) is 0 Å². The minimum absolute atomic E-state index is 0.327. The summed E-state index contributed by atoms with van der Waals surface area (Å²) in [5.41, 5.74) is 0.603. The Labute approximate surface area is 124 Å². The Kier molecular flexibility index (Phi) is 7.57. The van der Waals surface area contributed by atoms with Crippen LogP contribution in [0.3, 0.4) is 0 Å². The number of rotatable bonds is 11. The van der Waals surface area contributed by atoms with Crippen LogP contribution in [-0.2, 0) is 4.79 Å². The number of carboxylic acid groups (broad SMARTS) is 1. The number of carbonyl (C=O) groups is 1. The van der Waals surface area contributed by atoms with Crippen molar-refractivity contribution in [2.75, 3.05) is 19.6 Å². The van der Waals surface area contributed by atoms with E-state index in [1.54, 1.807) is 0 Å². The molecule has 0 bridgehead atoms. The third-order valence-corrected chi connectivity index (χ3v) is 4.88. The highest BCUT2D eigenvalue weighted by molar-refractivity contribution is 5.66. The summed E-state index contributed by atoms with van der Waals surface area (Å²) in [6.45, 7) is 10.5. The summed E-state index contributed by atoms with van der Waals surface area (Å²) in [7, 11) is 0. The lowest BCUT2D eigenvalue weighted by Gasteiger charge is -2.51. The second-order valence-corrected chi connectivity index (χ2v) is 6.71. The van der Waals surface area contributed by atoms with Gasteiger partial charge in [0.25, 0.3) is 0 Å². The molecule has 0 aromatic rings. The van der Waals surface area contributed by atoms with E-state index in [2.05, 4.69) is 25.7 Å². The average Bonchev–Trinajstić information content (AvgIpc) is 2.36. The molecule has 1 aliphatic rings. The second-order valence-electron chi connectivity index (χ2n) is 6.71. The van der Waals surface area contributed by atoms with Crippen molar-refractivity contribution in [3.63, 3.8) is 0 Å². The van der Waals surface area contributed by atoms with Crippen LogP contribution in [0.5, 0.6) is 0 Å². The largest absolute Gasteiger partial charge is 0.481 e. The molecule has 0 saturated carbocycles. The van der Waals surface area contributed by atoms with E-state index in [1.807, 2.05) is 0 Å². The molecule has 1 heterocycles. The van der Waals surface area contributed by atoms with Gasteiger partial charge < -0.3 is 10.0 Å². The molecule has 118 valence electrons. The molecule has 1 atom stereocenters. The van der Waals surface area contributed by atoms with Gasteiger partial charge >= 0.3 is 5.97 Å². The Morgan fingerprint density at radius 3 is 2.20 bits per heavy atom. The van der Waals surface area contributed by atoms with Crippen molar-refractivity contribution in [1.29, 1.82) is 0 Å². The first-order valence-corrected chi connectivity index (χ1v) is 8.49. The fourth-order valence-electron chi connectivity index (χ4n) is 3.81. The smallest absolute Gasteiger partial charge is 0.303 e. The molecule has 1 unspecified atom stereocenters. The third kappa shape index (κ3) is 5.43. The van der Waals surface area contributed by atoms with Gasteiger partial charge in [0.15, 0.2) is 0 Å². The van der Waals surface area contributed by atoms with Crippen molar-refractivity contribution >= 4 is 5.97 Å². The minimum atomic E-state index is -0.655. The van der Waals surface area contributed by atoms with Crippen molar-refractivity contribution in [2.45, 2.75) is 72.1 Å². The maximum atomic E-state index is 10.6. The molecule has 1 rings (SSSR count). The number of hydrogen-bond acceptors (Lipinski definition) is 2. The molecule has 0 amide bonds. The highest BCUT2D eigenvalue weighted by Gasteiger charge is 2.40. The summed E-state index contributed by atoms with van der Waals surface area (Å²) in [6, 6.07) is 0. The van der Waals surface area contributed by atoms with Gasteiger partial charge in [-0.2, -0.15) is 0 Å². The van der Waals surface area contributed by atoms with Crippen LogP contribution in [0, 0.1) is 11.3 Å². The van der Waals surface area contributed by atoms with E-state index in [-0.39, 0.29) is 0 Å². The molecular weight excluding hydrogens is 250 g/mol. The summed E-state index contributed by atoms with van der Waals surface area (Å²) in [6.07, 6.45) is 8.77. The average molecular weight is 283 g/mol. The molecule has 20 heavy (non-hydrogen) atoms. The molecule has 3 nitrogen and oxygen atoms in total. The highest BCUT2D eigenvalue weighted by Crippen LogP contribution is 2.39. The Hall–Kier alpha value is -0.570. The van der Waals surface area contributed by atoms with Gasteiger partial charge in [0.05, 0.1) is 0 Å². The van der Waals surface area contributed by atoms with Gasteiger partial charge in [-0.1, -0.05) is 40.0 Å². The van der Waals surface area contributed by atoms with Gasteiger partial charge in [-0.05, 0) is 43.6 Å². The van der Waals surface area contributed by atoms with Crippen LogP contribution in [0.15, 0.2) is 0 Å². The summed E-state index contributed by atoms with van der Waals surface area (Å²) in [5, 5.41) is 8.77. The Morgan fingerprint density at radius 2 is 1.75 bits per heavy atom. The van der Waals surface area contributed by atoms with E-state index in [0.717, 1.165) is 25.8 Å². The van der Waals surface area contributed by atoms with Crippen molar-refractivity contribution < 1.29 is 9.90 Å². The molecule has 0 aromatic heterocycles. The lowest BCUT2D eigenvalue weighted by Crippen LogP contribution is -2.56. The normalized spacial score (nSPS) is 19.6. The van der Waals surface area contributed by atoms with Crippen molar-refractivity contribution in [3.05, 3.63) is 0 Å². The zero-order valence-corrected chi connectivity index (χ0v) is 13.7. The molecule has 0 aromatic carbocycles.